The average Bonchev–Trinajstić information content (AvgIpc) is 2.39. The topological polar surface area (TPSA) is 32.3 Å². The van der Waals surface area contributed by atoms with E-state index in [1.54, 1.807) is 7.05 Å². The Morgan fingerprint density at radius 3 is 2.53 bits per heavy atom. The molecule has 1 aromatic rings. The Labute approximate surface area is 110 Å². The van der Waals surface area contributed by atoms with Gasteiger partial charge in [-0.05, 0) is 18.6 Å². The van der Waals surface area contributed by atoms with Crippen LogP contribution in [0.1, 0.15) is 26.2 Å². The SMILES string of the molecule is CCCCCN(C)C(=O)Nc1ccc(F)c(F)c1F. The number of carbonyl (C=O) groups is 1. The molecule has 0 saturated heterocycles. The zero-order valence-corrected chi connectivity index (χ0v) is 11.0. The highest BCUT2D eigenvalue weighted by atomic mass is 19.2. The van der Waals surface area contributed by atoms with E-state index >= 15 is 0 Å². The minimum Gasteiger partial charge on any atom is -0.328 e. The van der Waals surface area contributed by atoms with E-state index in [4.69, 9.17) is 0 Å². The molecular formula is C13H17F3N2O. The van der Waals surface area contributed by atoms with Gasteiger partial charge in [0.25, 0.3) is 0 Å². The van der Waals surface area contributed by atoms with Crippen LogP contribution in [0.25, 0.3) is 0 Å². The first-order valence-corrected chi connectivity index (χ1v) is 6.13. The zero-order valence-electron chi connectivity index (χ0n) is 11.0. The number of halogens is 3. The van der Waals surface area contributed by atoms with Gasteiger partial charge in [-0.3, -0.25) is 0 Å². The molecule has 1 N–H and O–H groups in total. The standard InChI is InChI=1S/C13H17F3N2O/c1-3-4-5-8-18(2)13(19)17-10-7-6-9(14)11(15)12(10)16/h6-7H,3-5,8H2,1-2H3,(H,17,19). The van der Waals surface area contributed by atoms with Crippen LogP contribution in [0.5, 0.6) is 0 Å². The summed E-state index contributed by atoms with van der Waals surface area (Å²) in [4.78, 5) is 13.1. The monoisotopic (exact) mass is 274 g/mol. The second-order valence-corrected chi connectivity index (χ2v) is 4.28. The molecule has 0 spiro atoms. The van der Waals surface area contributed by atoms with Gasteiger partial charge in [-0.25, -0.2) is 18.0 Å². The maximum absolute atomic E-state index is 13.3. The highest BCUT2D eigenvalue weighted by Gasteiger charge is 2.16. The first kappa shape index (κ1) is 15.3. The van der Waals surface area contributed by atoms with E-state index in [1.165, 1.54) is 4.90 Å². The molecule has 0 aliphatic heterocycles. The predicted octanol–water partition coefficient (Wildman–Crippen LogP) is 3.76. The fourth-order valence-corrected chi connectivity index (χ4v) is 1.53. The van der Waals surface area contributed by atoms with Crippen molar-refractivity contribution >= 4 is 11.7 Å². The third-order valence-electron chi connectivity index (χ3n) is 2.72. The van der Waals surface area contributed by atoms with Crippen molar-refractivity contribution in [2.24, 2.45) is 0 Å². The van der Waals surface area contributed by atoms with Gasteiger partial charge >= 0.3 is 6.03 Å². The predicted molar refractivity (Wildman–Crippen MR) is 67.5 cm³/mol. The van der Waals surface area contributed by atoms with Gasteiger partial charge in [0, 0.05) is 13.6 Å². The quantitative estimate of drug-likeness (QED) is 0.643. The van der Waals surface area contributed by atoms with Gasteiger partial charge in [-0.1, -0.05) is 19.8 Å². The van der Waals surface area contributed by atoms with E-state index in [2.05, 4.69) is 5.32 Å². The summed E-state index contributed by atoms with van der Waals surface area (Å²) in [5.74, 6) is -4.27. The second kappa shape index (κ2) is 7.01. The van der Waals surface area contributed by atoms with E-state index < -0.39 is 23.5 Å². The lowest BCUT2D eigenvalue weighted by Crippen LogP contribution is -2.32. The molecule has 1 aromatic carbocycles. The number of benzene rings is 1. The number of nitrogens with zero attached hydrogens (tertiary/aromatic N) is 1. The molecule has 0 unspecified atom stereocenters. The largest absolute Gasteiger partial charge is 0.328 e. The number of hydrogen-bond donors (Lipinski definition) is 1. The third kappa shape index (κ3) is 4.15. The van der Waals surface area contributed by atoms with Gasteiger partial charge in [0.05, 0.1) is 5.69 Å². The normalized spacial score (nSPS) is 10.4. The molecule has 0 aromatic heterocycles. The number of unbranched alkanes of at least 4 members (excludes halogenated alkanes) is 2. The van der Waals surface area contributed by atoms with E-state index in [-0.39, 0.29) is 5.69 Å². The van der Waals surface area contributed by atoms with Crippen molar-refractivity contribution in [2.45, 2.75) is 26.2 Å². The first-order valence-electron chi connectivity index (χ1n) is 6.13. The molecule has 0 aliphatic carbocycles. The fourth-order valence-electron chi connectivity index (χ4n) is 1.53. The molecule has 0 saturated carbocycles. The Hall–Kier alpha value is -1.72. The molecule has 19 heavy (non-hydrogen) atoms. The Bertz CT molecular complexity index is 452. The number of amides is 2. The summed E-state index contributed by atoms with van der Waals surface area (Å²) in [6, 6.07) is 1.21. The lowest BCUT2D eigenvalue weighted by molar-refractivity contribution is 0.221. The number of carbonyl (C=O) groups excluding carboxylic acids is 1. The molecule has 0 radical (unpaired) electrons. The molecule has 6 heteroatoms. The van der Waals surface area contributed by atoms with E-state index in [1.807, 2.05) is 6.92 Å². The molecule has 0 aliphatic rings. The lowest BCUT2D eigenvalue weighted by Gasteiger charge is -2.18. The molecule has 0 fully saturated rings. The average molecular weight is 274 g/mol. The Kier molecular flexibility index (Phi) is 5.66. The van der Waals surface area contributed by atoms with Crippen molar-refractivity contribution in [1.82, 2.24) is 4.90 Å². The zero-order chi connectivity index (χ0) is 14.4. The third-order valence-corrected chi connectivity index (χ3v) is 2.72. The molecule has 3 nitrogen and oxygen atoms in total. The minimum atomic E-state index is -1.59. The van der Waals surface area contributed by atoms with Gasteiger partial charge in [-0.15, -0.1) is 0 Å². The molecule has 0 heterocycles. The van der Waals surface area contributed by atoms with Crippen LogP contribution in [0.15, 0.2) is 12.1 Å². The van der Waals surface area contributed by atoms with Gasteiger partial charge in [0.15, 0.2) is 17.5 Å². The maximum atomic E-state index is 13.3. The summed E-state index contributed by atoms with van der Waals surface area (Å²) in [6.45, 7) is 2.56. The second-order valence-electron chi connectivity index (χ2n) is 4.28. The van der Waals surface area contributed by atoms with Crippen LogP contribution in [0, 0.1) is 17.5 Å². The van der Waals surface area contributed by atoms with Crippen molar-refractivity contribution < 1.29 is 18.0 Å². The Morgan fingerprint density at radius 2 is 1.89 bits per heavy atom. The molecule has 0 bridgehead atoms. The summed E-state index contributed by atoms with van der Waals surface area (Å²) in [5.41, 5.74) is -0.369. The van der Waals surface area contributed by atoms with E-state index in [0.717, 1.165) is 31.4 Å². The molecule has 2 amide bonds. The van der Waals surface area contributed by atoms with Crippen LogP contribution in [0.3, 0.4) is 0 Å². The van der Waals surface area contributed by atoms with Crippen LogP contribution < -0.4 is 5.32 Å². The molecule has 106 valence electrons. The van der Waals surface area contributed by atoms with E-state index in [0.29, 0.717) is 6.54 Å². The van der Waals surface area contributed by atoms with Crippen molar-refractivity contribution in [3.05, 3.63) is 29.6 Å². The van der Waals surface area contributed by atoms with Crippen LogP contribution in [-0.2, 0) is 0 Å². The van der Waals surface area contributed by atoms with Crippen molar-refractivity contribution in [3.63, 3.8) is 0 Å². The number of nitrogens with one attached hydrogen (secondary N) is 1. The summed E-state index contributed by atoms with van der Waals surface area (Å²) in [6.07, 6.45) is 2.84. The summed E-state index contributed by atoms with van der Waals surface area (Å²) in [7, 11) is 1.56. The van der Waals surface area contributed by atoms with Crippen LogP contribution >= 0.6 is 0 Å². The Balaban J connectivity index is 2.64. The number of hydrogen-bond acceptors (Lipinski definition) is 1. The summed E-state index contributed by atoms with van der Waals surface area (Å²) in [5, 5.41) is 2.21. The van der Waals surface area contributed by atoms with Crippen LogP contribution in [-0.4, -0.2) is 24.5 Å². The highest BCUT2D eigenvalue weighted by molar-refractivity contribution is 5.89. The maximum Gasteiger partial charge on any atom is 0.321 e. The summed E-state index contributed by atoms with van der Waals surface area (Å²) >= 11 is 0. The van der Waals surface area contributed by atoms with Crippen molar-refractivity contribution in [1.29, 1.82) is 0 Å². The van der Waals surface area contributed by atoms with Crippen molar-refractivity contribution in [3.8, 4) is 0 Å². The lowest BCUT2D eigenvalue weighted by atomic mass is 10.2. The first-order chi connectivity index (χ1) is 8.97. The number of rotatable bonds is 5. The summed E-state index contributed by atoms with van der Waals surface area (Å²) < 4.78 is 39.0. The van der Waals surface area contributed by atoms with E-state index in [9.17, 15) is 18.0 Å². The minimum absolute atomic E-state index is 0.369. The van der Waals surface area contributed by atoms with Gasteiger partial charge in [0.1, 0.15) is 0 Å². The molecule has 1 rings (SSSR count). The molecule has 0 atom stereocenters. The Morgan fingerprint density at radius 1 is 1.21 bits per heavy atom. The highest BCUT2D eigenvalue weighted by Crippen LogP contribution is 2.19. The van der Waals surface area contributed by atoms with Crippen molar-refractivity contribution in [2.75, 3.05) is 18.9 Å². The number of anilines is 1. The van der Waals surface area contributed by atoms with Gasteiger partial charge in [0.2, 0.25) is 0 Å². The fraction of sp³-hybridized carbons (Fsp3) is 0.462. The van der Waals surface area contributed by atoms with Crippen LogP contribution in [0.2, 0.25) is 0 Å². The molecular weight excluding hydrogens is 257 g/mol. The number of urea groups is 1. The van der Waals surface area contributed by atoms with Gasteiger partial charge < -0.3 is 10.2 Å². The van der Waals surface area contributed by atoms with Gasteiger partial charge in [-0.2, -0.15) is 0 Å². The van der Waals surface area contributed by atoms with Crippen LogP contribution in [0.4, 0.5) is 23.7 Å². The smallest absolute Gasteiger partial charge is 0.321 e.